The number of aryl methyl sites for hydroxylation is 1. The van der Waals surface area contributed by atoms with Crippen LogP contribution in [0.15, 0.2) is 54.6 Å². The number of esters is 1. The van der Waals surface area contributed by atoms with Crippen molar-refractivity contribution in [3.63, 3.8) is 0 Å². The molecule has 5 rings (SSSR count). The van der Waals surface area contributed by atoms with Crippen molar-refractivity contribution in [2.24, 2.45) is 11.3 Å². The fourth-order valence-electron chi connectivity index (χ4n) is 6.44. The number of fused-ring (bicyclic) bond motifs is 1. The Morgan fingerprint density at radius 1 is 0.977 bits per heavy atom. The number of benzene rings is 3. The van der Waals surface area contributed by atoms with Gasteiger partial charge in [-0.3, -0.25) is 9.59 Å². The van der Waals surface area contributed by atoms with Crippen LogP contribution in [0.3, 0.4) is 0 Å². The van der Waals surface area contributed by atoms with Gasteiger partial charge in [-0.05, 0) is 86.4 Å². The van der Waals surface area contributed by atoms with Crippen molar-refractivity contribution in [1.82, 2.24) is 5.32 Å². The highest BCUT2D eigenvalue weighted by Crippen LogP contribution is 2.40. The number of rotatable bonds is 10. The van der Waals surface area contributed by atoms with Crippen LogP contribution in [0.2, 0.25) is 0 Å². The molecule has 0 spiro atoms. The van der Waals surface area contributed by atoms with Gasteiger partial charge < -0.3 is 29.1 Å². The monoisotopic (exact) mass is 587 g/mol. The minimum absolute atomic E-state index is 0.103. The van der Waals surface area contributed by atoms with Gasteiger partial charge in [-0.15, -0.1) is 0 Å². The van der Waals surface area contributed by atoms with Crippen LogP contribution in [0.5, 0.6) is 11.5 Å². The van der Waals surface area contributed by atoms with Crippen LogP contribution >= 0.6 is 0 Å². The van der Waals surface area contributed by atoms with E-state index in [4.69, 9.17) is 18.9 Å². The third-order valence-corrected chi connectivity index (χ3v) is 9.22. The van der Waals surface area contributed by atoms with Gasteiger partial charge in [0.15, 0.2) is 0 Å². The van der Waals surface area contributed by atoms with Crippen molar-refractivity contribution < 1.29 is 33.3 Å². The summed E-state index contributed by atoms with van der Waals surface area (Å²) in [6.07, 6.45) is 4.60. The van der Waals surface area contributed by atoms with Gasteiger partial charge in [0, 0.05) is 13.0 Å². The predicted molar refractivity (Wildman–Crippen MR) is 163 cm³/mol. The molecule has 1 N–H and O–H groups in total. The summed E-state index contributed by atoms with van der Waals surface area (Å²) in [4.78, 5) is 38.2. The molecule has 0 bridgehead atoms. The molecule has 228 valence electrons. The van der Waals surface area contributed by atoms with E-state index in [1.54, 1.807) is 19.2 Å². The van der Waals surface area contributed by atoms with Gasteiger partial charge in [0.05, 0.1) is 36.3 Å². The Kier molecular flexibility index (Phi) is 9.35. The summed E-state index contributed by atoms with van der Waals surface area (Å²) in [5.74, 6) is 0.208. The van der Waals surface area contributed by atoms with E-state index in [-0.39, 0.29) is 36.6 Å². The van der Waals surface area contributed by atoms with E-state index in [9.17, 15) is 14.4 Å². The molecule has 2 saturated carbocycles. The molecule has 2 aliphatic carbocycles. The maximum atomic E-state index is 13.4. The van der Waals surface area contributed by atoms with E-state index in [0.29, 0.717) is 55.6 Å². The van der Waals surface area contributed by atoms with Crippen molar-refractivity contribution >= 4 is 28.9 Å². The number of nitrogens with one attached hydrogen (secondary N) is 1. The van der Waals surface area contributed by atoms with Gasteiger partial charge in [-0.25, -0.2) is 0 Å². The Balaban J connectivity index is 1.21. The first-order valence-corrected chi connectivity index (χ1v) is 15.0. The summed E-state index contributed by atoms with van der Waals surface area (Å²) >= 11 is 0. The summed E-state index contributed by atoms with van der Waals surface area (Å²) in [7, 11) is 3.12. The lowest BCUT2D eigenvalue weighted by atomic mass is 9.74. The van der Waals surface area contributed by atoms with E-state index in [1.165, 1.54) is 7.11 Å². The average Bonchev–Trinajstić information content (AvgIpc) is 3.42. The fourth-order valence-corrected chi connectivity index (χ4v) is 6.44. The molecule has 0 unspecified atom stereocenters. The zero-order valence-electron chi connectivity index (χ0n) is 25.4. The van der Waals surface area contributed by atoms with Crippen molar-refractivity contribution in [2.75, 3.05) is 14.2 Å². The molecule has 0 aromatic heterocycles. The number of carbonyl (C=O) groups excluding carboxylic acids is 3. The molecule has 3 aromatic rings. The maximum absolute atomic E-state index is 13.4. The van der Waals surface area contributed by atoms with Gasteiger partial charge in [0.1, 0.15) is 24.4 Å². The molecule has 2 aliphatic rings. The molecular weight excluding hydrogens is 546 g/mol. The highest BCUT2D eigenvalue weighted by atomic mass is 16.5. The Hall–Kier alpha value is -3.91. The Morgan fingerprint density at radius 3 is 2.44 bits per heavy atom. The van der Waals surface area contributed by atoms with E-state index in [2.05, 4.69) is 17.4 Å². The molecule has 8 nitrogen and oxygen atoms in total. The quantitative estimate of drug-likeness (QED) is 0.231. The number of methoxy groups -OCH3 is 2. The van der Waals surface area contributed by atoms with Gasteiger partial charge in [0.2, 0.25) is 0 Å². The molecule has 3 aromatic carbocycles. The van der Waals surface area contributed by atoms with Crippen LogP contribution in [0.25, 0.3) is 10.8 Å². The van der Waals surface area contributed by atoms with Gasteiger partial charge in [-0.1, -0.05) is 42.5 Å². The van der Waals surface area contributed by atoms with Crippen LogP contribution < -0.4 is 14.8 Å². The molecule has 0 saturated heterocycles. The summed E-state index contributed by atoms with van der Waals surface area (Å²) in [6.45, 7) is 4.13. The van der Waals surface area contributed by atoms with Gasteiger partial charge in [-0.2, -0.15) is 0 Å². The normalized spacial score (nSPS) is 25.2. The number of hydrogen-bond acceptors (Lipinski definition) is 7. The second-order valence-corrected chi connectivity index (χ2v) is 12.1. The number of aldehydes is 1. The summed E-state index contributed by atoms with van der Waals surface area (Å²) in [5, 5.41) is 5.21. The lowest BCUT2D eigenvalue weighted by Crippen LogP contribution is -2.45. The standard InChI is InChI=1S/C35H41NO7/c1-22-18-31(41-4)28(33(38)36-32-24(20-37)12-13-29(32)40-3)19-30(22)43-26-14-16-35(2,17-15-26)34(39)42-21-25-10-7-9-23-8-5-6-11-27(23)25/h5-11,18-20,24,26,29,32H,12-17,21H2,1-4H3,(H,36,38)/t24-,26-,29-,32+,35+/m1/s1. The van der Waals surface area contributed by atoms with Gasteiger partial charge >= 0.3 is 5.97 Å². The van der Waals surface area contributed by atoms with Crippen molar-refractivity contribution in [3.05, 3.63) is 71.3 Å². The first-order valence-electron chi connectivity index (χ1n) is 15.0. The molecule has 2 fully saturated rings. The molecule has 0 radical (unpaired) electrons. The van der Waals surface area contributed by atoms with E-state index in [1.807, 2.05) is 44.2 Å². The molecule has 8 heteroatoms. The first-order chi connectivity index (χ1) is 20.8. The average molecular weight is 588 g/mol. The lowest BCUT2D eigenvalue weighted by molar-refractivity contribution is -0.159. The van der Waals surface area contributed by atoms with Crippen LogP contribution in [-0.4, -0.2) is 50.6 Å². The second-order valence-electron chi connectivity index (χ2n) is 12.1. The third kappa shape index (κ3) is 6.54. The highest BCUT2D eigenvalue weighted by Gasteiger charge is 2.40. The second kappa shape index (κ2) is 13.2. The predicted octanol–water partition coefficient (Wildman–Crippen LogP) is 5.95. The van der Waals surface area contributed by atoms with Crippen LogP contribution in [0.4, 0.5) is 0 Å². The number of carbonyl (C=O) groups is 3. The third-order valence-electron chi connectivity index (χ3n) is 9.22. The minimum Gasteiger partial charge on any atom is -0.496 e. The van der Waals surface area contributed by atoms with E-state index in [0.717, 1.165) is 28.2 Å². The number of ether oxygens (including phenoxy) is 4. The zero-order chi connectivity index (χ0) is 30.6. The minimum atomic E-state index is -0.585. The summed E-state index contributed by atoms with van der Waals surface area (Å²) in [6, 6.07) is 17.2. The Morgan fingerprint density at radius 2 is 1.72 bits per heavy atom. The van der Waals surface area contributed by atoms with E-state index < -0.39 is 11.5 Å². The Labute approximate surface area is 253 Å². The molecule has 0 heterocycles. The first kappa shape index (κ1) is 30.5. The molecule has 1 amide bonds. The number of amides is 1. The van der Waals surface area contributed by atoms with Gasteiger partial charge in [0.25, 0.3) is 5.91 Å². The van der Waals surface area contributed by atoms with Crippen molar-refractivity contribution in [3.8, 4) is 11.5 Å². The van der Waals surface area contributed by atoms with Crippen LogP contribution in [0.1, 0.15) is 66.9 Å². The van der Waals surface area contributed by atoms with Crippen molar-refractivity contribution in [2.45, 2.75) is 77.2 Å². The topological polar surface area (TPSA) is 100 Å². The van der Waals surface area contributed by atoms with Crippen LogP contribution in [-0.2, 0) is 25.7 Å². The molecule has 3 atom stereocenters. The summed E-state index contributed by atoms with van der Waals surface area (Å²) < 4.78 is 23.3. The molecular formula is C35H41NO7. The zero-order valence-corrected chi connectivity index (χ0v) is 25.4. The number of hydrogen-bond donors (Lipinski definition) is 1. The maximum Gasteiger partial charge on any atom is 0.312 e. The molecule has 0 aliphatic heterocycles. The molecule has 43 heavy (non-hydrogen) atoms. The van der Waals surface area contributed by atoms with Crippen LogP contribution in [0, 0.1) is 18.3 Å². The summed E-state index contributed by atoms with van der Waals surface area (Å²) in [5.41, 5.74) is 1.60. The van der Waals surface area contributed by atoms with E-state index >= 15 is 0 Å². The van der Waals surface area contributed by atoms with Crippen molar-refractivity contribution in [1.29, 1.82) is 0 Å². The highest BCUT2D eigenvalue weighted by molar-refractivity contribution is 5.98. The lowest BCUT2D eigenvalue weighted by Gasteiger charge is -2.35. The smallest absolute Gasteiger partial charge is 0.312 e. The SMILES string of the molecule is COc1cc(C)c(O[C@H]2CC[C@@](C)(C(=O)OCc3cccc4ccccc34)CC2)cc1C(=O)N[C@H]1[C@@H](C=O)CC[C@H]1OC. The fraction of sp³-hybridized carbons (Fsp3) is 0.457. The largest absolute Gasteiger partial charge is 0.496 e. The Bertz CT molecular complexity index is 1470.